The fourth-order valence-electron chi connectivity index (χ4n) is 2.42. The Balaban J connectivity index is 1.81. The summed E-state index contributed by atoms with van der Waals surface area (Å²) in [5.74, 6) is 0.954. The van der Waals surface area contributed by atoms with E-state index in [-0.39, 0.29) is 5.75 Å². The summed E-state index contributed by atoms with van der Waals surface area (Å²) in [7, 11) is -1.61. The van der Waals surface area contributed by atoms with Crippen molar-refractivity contribution in [2.75, 3.05) is 19.4 Å². The summed E-state index contributed by atoms with van der Waals surface area (Å²) < 4.78 is 31.9. The van der Waals surface area contributed by atoms with Gasteiger partial charge in [0.05, 0.1) is 12.9 Å². The lowest BCUT2D eigenvalue weighted by Gasteiger charge is -2.09. The molecule has 0 aliphatic rings. The van der Waals surface area contributed by atoms with Crippen molar-refractivity contribution in [3.05, 3.63) is 65.2 Å². The largest absolute Gasteiger partial charge is 0.496 e. The first kappa shape index (κ1) is 17.5. The molecule has 0 aliphatic carbocycles. The average molecular weight is 333 g/mol. The van der Waals surface area contributed by atoms with Gasteiger partial charge >= 0.3 is 0 Å². The standard InChI is InChI=1S/C18H23NO3S/c1-15-14-17(8-9-18(15)22-2)10-12-19-23(20,21)13-11-16-6-4-3-5-7-16/h3-9,14,19H,10-13H2,1-2H3. The molecule has 0 spiro atoms. The number of sulfonamides is 1. The van der Waals surface area contributed by atoms with Gasteiger partial charge in [-0.15, -0.1) is 0 Å². The van der Waals surface area contributed by atoms with E-state index in [1.54, 1.807) is 7.11 Å². The van der Waals surface area contributed by atoms with Gasteiger partial charge in [0.25, 0.3) is 0 Å². The van der Waals surface area contributed by atoms with Crippen LogP contribution in [0.5, 0.6) is 5.75 Å². The van der Waals surface area contributed by atoms with Crippen molar-refractivity contribution in [1.82, 2.24) is 4.72 Å². The van der Waals surface area contributed by atoms with Crippen LogP contribution >= 0.6 is 0 Å². The molecule has 0 saturated heterocycles. The van der Waals surface area contributed by atoms with Crippen LogP contribution in [0.2, 0.25) is 0 Å². The number of nitrogens with one attached hydrogen (secondary N) is 1. The second kappa shape index (κ2) is 8.13. The van der Waals surface area contributed by atoms with Gasteiger partial charge in [0.1, 0.15) is 5.75 Å². The number of benzene rings is 2. The van der Waals surface area contributed by atoms with Gasteiger partial charge in [-0.3, -0.25) is 0 Å². The minimum absolute atomic E-state index is 0.110. The molecule has 2 rings (SSSR count). The van der Waals surface area contributed by atoms with Gasteiger partial charge in [0, 0.05) is 6.54 Å². The lowest BCUT2D eigenvalue weighted by molar-refractivity contribution is 0.411. The molecule has 1 N–H and O–H groups in total. The van der Waals surface area contributed by atoms with Crippen molar-refractivity contribution in [2.45, 2.75) is 19.8 Å². The SMILES string of the molecule is COc1ccc(CCNS(=O)(=O)CCc2ccccc2)cc1C. The summed E-state index contributed by atoms with van der Waals surface area (Å²) in [6, 6.07) is 15.5. The molecule has 2 aromatic rings. The van der Waals surface area contributed by atoms with Crippen molar-refractivity contribution in [2.24, 2.45) is 0 Å². The lowest BCUT2D eigenvalue weighted by atomic mass is 10.1. The Morgan fingerprint density at radius 1 is 1.00 bits per heavy atom. The number of hydrogen-bond donors (Lipinski definition) is 1. The highest BCUT2D eigenvalue weighted by atomic mass is 32.2. The van der Waals surface area contributed by atoms with Gasteiger partial charge in [-0.1, -0.05) is 42.5 Å². The van der Waals surface area contributed by atoms with Gasteiger partial charge < -0.3 is 4.74 Å². The summed E-state index contributed by atoms with van der Waals surface area (Å²) >= 11 is 0. The molecular weight excluding hydrogens is 310 g/mol. The first-order chi connectivity index (χ1) is 11.0. The molecule has 0 aliphatic heterocycles. The van der Waals surface area contributed by atoms with Crippen LogP contribution in [0.4, 0.5) is 0 Å². The minimum Gasteiger partial charge on any atom is -0.496 e. The van der Waals surface area contributed by atoms with E-state index in [2.05, 4.69) is 4.72 Å². The topological polar surface area (TPSA) is 55.4 Å². The van der Waals surface area contributed by atoms with E-state index in [4.69, 9.17) is 4.74 Å². The summed E-state index contributed by atoms with van der Waals surface area (Å²) in [5, 5.41) is 0. The first-order valence-electron chi connectivity index (χ1n) is 7.65. The average Bonchev–Trinajstić information content (AvgIpc) is 2.54. The van der Waals surface area contributed by atoms with Gasteiger partial charge in [0.2, 0.25) is 10.0 Å². The third-order valence-electron chi connectivity index (χ3n) is 3.70. The Labute approximate surface area is 138 Å². The molecule has 0 heterocycles. The molecule has 0 unspecified atom stereocenters. The molecule has 0 amide bonds. The van der Waals surface area contributed by atoms with Crippen molar-refractivity contribution in [3.63, 3.8) is 0 Å². The van der Waals surface area contributed by atoms with Crippen LogP contribution < -0.4 is 9.46 Å². The smallest absolute Gasteiger partial charge is 0.211 e. The number of ether oxygens (including phenoxy) is 1. The summed E-state index contributed by atoms with van der Waals surface area (Å²) in [5.41, 5.74) is 3.18. The second-order valence-corrected chi connectivity index (χ2v) is 7.43. The van der Waals surface area contributed by atoms with E-state index in [1.807, 2.05) is 55.5 Å². The molecule has 5 heteroatoms. The number of rotatable bonds is 8. The van der Waals surface area contributed by atoms with Crippen LogP contribution in [-0.2, 0) is 22.9 Å². The monoisotopic (exact) mass is 333 g/mol. The molecule has 0 aromatic heterocycles. The number of hydrogen-bond acceptors (Lipinski definition) is 3. The zero-order valence-corrected chi connectivity index (χ0v) is 14.4. The zero-order chi connectivity index (χ0) is 16.7. The van der Waals surface area contributed by atoms with E-state index in [0.717, 1.165) is 22.4 Å². The molecule has 0 saturated carbocycles. The fraction of sp³-hybridized carbons (Fsp3) is 0.333. The predicted molar refractivity (Wildman–Crippen MR) is 93.4 cm³/mol. The van der Waals surface area contributed by atoms with Crippen molar-refractivity contribution in [3.8, 4) is 5.75 Å². The van der Waals surface area contributed by atoms with E-state index in [1.165, 1.54) is 0 Å². The second-order valence-electron chi connectivity index (χ2n) is 5.50. The minimum atomic E-state index is -3.25. The maximum absolute atomic E-state index is 12.0. The third-order valence-corrected chi connectivity index (χ3v) is 5.08. The lowest BCUT2D eigenvalue weighted by Crippen LogP contribution is -2.29. The Kier molecular flexibility index (Phi) is 6.19. The maximum Gasteiger partial charge on any atom is 0.211 e. The normalized spacial score (nSPS) is 11.4. The Morgan fingerprint density at radius 2 is 1.74 bits per heavy atom. The highest BCUT2D eigenvalue weighted by Gasteiger charge is 2.10. The van der Waals surface area contributed by atoms with Gasteiger partial charge in [0.15, 0.2) is 0 Å². The fourth-order valence-corrected chi connectivity index (χ4v) is 3.48. The summed E-state index contributed by atoms with van der Waals surface area (Å²) in [4.78, 5) is 0. The van der Waals surface area contributed by atoms with Crippen LogP contribution in [0.1, 0.15) is 16.7 Å². The van der Waals surface area contributed by atoms with Crippen LogP contribution in [0.15, 0.2) is 48.5 Å². The number of methoxy groups -OCH3 is 1. The van der Waals surface area contributed by atoms with Crippen LogP contribution in [0.25, 0.3) is 0 Å². The Bertz CT molecular complexity index is 727. The molecule has 2 aromatic carbocycles. The molecule has 23 heavy (non-hydrogen) atoms. The van der Waals surface area contributed by atoms with Crippen molar-refractivity contribution >= 4 is 10.0 Å². The summed E-state index contributed by atoms with van der Waals surface area (Å²) in [6.45, 7) is 2.38. The highest BCUT2D eigenvalue weighted by molar-refractivity contribution is 7.89. The third kappa shape index (κ3) is 5.69. The van der Waals surface area contributed by atoms with Gasteiger partial charge in [-0.05, 0) is 42.5 Å². The molecule has 124 valence electrons. The predicted octanol–water partition coefficient (Wildman–Crippen LogP) is 2.71. The zero-order valence-electron chi connectivity index (χ0n) is 13.6. The van der Waals surface area contributed by atoms with Crippen LogP contribution in [0, 0.1) is 6.92 Å². The quantitative estimate of drug-likeness (QED) is 0.808. The molecular formula is C18H23NO3S. The first-order valence-corrected chi connectivity index (χ1v) is 9.30. The van der Waals surface area contributed by atoms with Crippen molar-refractivity contribution in [1.29, 1.82) is 0 Å². The highest BCUT2D eigenvalue weighted by Crippen LogP contribution is 2.18. The van der Waals surface area contributed by atoms with E-state index >= 15 is 0 Å². The molecule has 0 radical (unpaired) electrons. The van der Waals surface area contributed by atoms with Crippen molar-refractivity contribution < 1.29 is 13.2 Å². The van der Waals surface area contributed by atoms with E-state index in [9.17, 15) is 8.42 Å². The van der Waals surface area contributed by atoms with E-state index in [0.29, 0.717) is 19.4 Å². The Morgan fingerprint density at radius 3 is 2.39 bits per heavy atom. The summed E-state index contributed by atoms with van der Waals surface area (Å²) in [6.07, 6.45) is 1.19. The molecule has 0 bridgehead atoms. The number of aryl methyl sites for hydroxylation is 2. The molecule has 4 nitrogen and oxygen atoms in total. The van der Waals surface area contributed by atoms with Crippen LogP contribution in [-0.4, -0.2) is 27.8 Å². The van der Waals surface area contributed by atoms with Gasteiger partial charge in [-0.2, -0.15) is 0 Å². The maximum atomic E-state index is 12.0. The molecule has 0 fully saturated rings. The molecule has 0 atom stereocenters. The van der Waals surface area contributed by atoms with E-state index < -0.39 is 10.0 Å². The van der Waals surface area contributed by atoms with Crippen LogP contribution in [0.3, 0.4) is 0 Å². The van der Waals surface area contributed by atoms with Gasteiger partial charge in [-0.25, -0.2) is 13.1 Å². The Hall–Kier alpha value is -1.85.